The molecule has 2 amide bonds. The molecule has 1 aliphatic rings. The summed E-state index contributed by atoms with van der Waals surface area (Å²) in [6.07, 6.45) is 1.14. The Kier molecular flexibility index (Phi) is 7.35. The molecule has 11 heteroatoms. The van der Waals surface area contributed by atoms with Crippen molar-refractivity contribution in [3.8, 4) is 5.75 Å². The lowest BCUT2D eigenvalue weighted by Gasteiger charge is -2.44. The molecule has 0 spiro atoms. The summed E-state index contributed by atoms with van der Waals surface area (Å²) >= 11 is 0. The van der Waals surface area contributed by atoms with E-state index < -0.39 is 70.2 Å². The van der Waals surface area contributed by atoms with Crippen LogP contribution in [0, 0.1) is 17.5 Å². The van der Waals surface area contributed by atoms with E-state index in [1.54, 1.807) is 27.7 Å². The molecule has 0 bridgehead atoms. The van der Waals surface area contributed by atoms with Crippen molar-refractivity contribution < 1.29 is 32.6 Å². The first-order valence-corrected chi connectivity index (χ1v) is 10.8. The number of benzene rings is 1. The predicted octanol–water partition coefficient (Wildman–Crippen LogP) is 2.73. The van der Waals surface area contributed by atoms with Gasteiger partial charge in [-0.05, 0) is 27.7 Å². The summed E-state index contributed by atoms with van der Waals surface area (Å²) in [5, 5.41) is 12.8. The van der Waals surface area contributed by atoms with Gasteiger partial charge < -0.3 is 24.6 Å². The minimum Gasteiger partial charge on any atom is -0.503 e. The van der Waals surface area contributed by atoms with Crippen LogP contribution in [-0.4, -0.2) is 51.7 Å². The van der Waals surface area contributed by atoms with E-state index >= 15 is 0 Å². The molecule has 0 fully saturated rings. The van der Waals surface area contributed by atoms with E-state index in [4.69, 9.17) is 4.74 Å². The molecule has 8 nitrogen and oxygen atoms in total. The Morgan fingerprint density at radius 2 is 1.82 bits per heavy atom. The normalized spacial score (nSPS) is 17.8. The quantitative estimate of drug-likeness (QED) is 0.634. The highest BCUT2D eigenvalue weighted by Crippen LogP contribution is 2.32. The van der Waals surface area contributed by atoms with Gasteiger partial charge in [-0.25, -0.2) is 13.2 Å². The Hall–Kier alpha value is -3.34. The summed E-state index contributed by atoms with van der Waals surface area (Å²) in [6, 6.07) is -0.244. The standard InChI is InChI=1S/C23H26F3N3O5/c1-5-34-10-18-12(4)28-9-15(20(30)21(31)19(28)23(33)29(18)11(2)3)22(32)27-8-14-16(25)6-13(24)7-17(14)26/h6-7,9,11-12,18,31H,5,8,10H2,1-4H3,(H,27,32)/t12-,18+/m0/s1. The largest absolute Gasteiger partial charge is 0.503 e. The zero-order valence-corrected chi connectivity index (χ0v) is 19.2. The van der Waals surface area contributed by atoms with E-state index in [9.17, 15) is 32.7 Å². The number of amides is 2. The third kappa shape index (κ3) is 4.52. The summed E-state index contributed by atoms with van der Waals surface area (Å²) < 4.78 is 47.7. The number of hydrogen-bond donors (Lipinski definition) is 2. The van der Waals surface area contributed by atoms with E-state index in [2.05, 4.69) is 5.32 Å². The zero-order valence-electron chi connectivity index (χ0n) is 19.2. The maximum Gasteiger partial charge on any atom is 0.275 e. The number of hydrogen-bond acceptors (Lipinski definition) is 5. The van der Waals surface area contributed by atoms with Crippen molar-refractivity contribution >= 4 is 11.8 Å². The third-order valence-corrected chi connectivity index (χ3v) is 5.83. The van der Waals surface area contributed by atoms with Crippen LogP contribution in [0.15, 0.2) is 23.1 Å². The molecule has 0 radical (unpaired) electrons. The van der Waals surface area contributed by atoms with Crippen molar-refractivity contribution in [1.29, 1.82) is 0 Å². The van der Waals surface area contributed by atoms with Crippen LogP contribution in [0.4, 0.5) is 13.2 Å². The first-order valence-electron chi connectivity index (χ1n) is 10.8. The topological polar surface area (TPSA) is 101 Å². The summed E-state index contributed by atoms with van der Waals surface area (Å²) in [6.45, 7) is 7.09. The highest BCUT2D eigenvalue weighted by molar-refractivity contribution is 5.99. The first kappa shape index (κ1) is 25.3. The van der Waals surface area contributed by atoms with Gasteiger partial charge in [0.05, 0.1) is 18.7 Å². The molecule has 34 heavy (non-hydrogen) atoms. The van der Waals surface area contributed by atoms with Crippen molar-refractivity contribution in [1.82, 2.24) is 14.8 Å². The molecule has 0 saturated carbocycles. The van der Waals surface area contributed by atoms with E-state index in [0.717, 1.165) is 6.20 Å². The second-order valence-electron chi connectivity index (χ2n) is 8.28. The average Bonchev–Trinajstić information content (AvgIpc) is 2.75. The van der Waals surface area contributed by atoms with Gasteiger partial charge in [0.25, 0.3) is 11.8 Å². The van der Waals surface area contributed by atoms with Gasteiger partial charge in [0.2, 0.25) is 5.43 Å². The van der Waals surface area contributed by atoms with Crippen LogP contribution in [0.1, 0.15) is 60.1 Å². The molecular formula is C23H26F3N3O5. The lowest BCUT2D eigenvalue weighted by atomic mass is 9.99. The number of rotatable bonds is 7. The van der Waals surface area contributed by atoms with E-state index in [-0.39, 0.29) is 18.3 Å². The lowest BCUT2D eigenvalue weighted by Crippen LogP contribution is -2.55. The van der Waals surface area contributed by atoms with Crippen LogP contribution < -0.4 is 10.7 Å². The number of aromatic nitrogens is 1. The number of pyridine rings is 1. The number of carbonyl (C=O) groups excluding carboxylic acids is 2. The molecule has 1 aliphatic heterocycles. The Balaban J connectivity index is 1.99. The molecule has 2 aromatic rings. The van der Waals surface area contributed by atoms with Gasteiger partial charge >= 0.3 is 0 Å². The Bertz CT molecular complexity index is 1160. The molecular weight excluding hydrogens is 455 g/mol. The minimum absolute atomic E-state index is 0.193. The Morgan fingerprint density at radius 1 is 1.21 bits per heavy atom. The summed E-state index contributed by atoms with van der Waals surface area (Å²) in [5.74, 6) is -6.02. The van der Waals surface area contributed by atoms with Crippen LogP contribution in [-0.2, 0) is 11.3 Å². The average molecular weight is 481 g/mol. The van der Waals surface area contributed by atoms with Gasteiger partial charge in [0, 0.05) is 43.1 Å². The van der Waals surface area contributed by atoms with E-state index in [1.807, 2.05) is 0 Å². The molecule has 1 aromatic carbocycles. The van der Waals surface area contributed by atoms with Gasteiger partial charge in [-0.2, -0.15) is 0 Å². The monoisotopic (exact) mass is 481 g/mol. The maximum absolute atomic E-state index is 13.9. The number of halogens is 3. The smallest absolute Gasteiger partial charge is 0.275 e. The number of nitrogens with one attached hydrogen (secondary N) is 1. The molecule has 2 heterocycles. The SMILES string of the molecule is CCOC[C@@H]1[C@H](C)n2cc(C(=O)NCc3c(F)cc(F)cc3F)c(=O)c(O)c2C(=O)N1C(C)C. The molecule has 0 unspecified atom stereocenters. The van der Waals surface area contributed by atoms with Gasteiger partial charge in [-0.1, -0.05) is 0 Å². The Morgan fingerprint density at radius 3 is 2.38 bits per heavy atom. The predicted molar refractivity (Wildman–Crippen MR) is 116 cm³/mol. The maximum atomic E-state index is 13.9. The van der Waals surface area contributed by atoms with Crippen molar-refractivity contribution in [2.24, 2.45) is 0 Å². The third-order valence-electron chi connectivity index (χ3n) is 5.83. The molecule has 0 saturated heterocycles. The number of nitrogens with zero attached hydrogens (tertiary/aromatic N) is 2. The highest BCUT2D eigenvalue weighted by Gasteiger charge is 2.41. The molecule has 3 rings (SSSR count). The van der Waals surface area contributed by atoms with Crippen LogP contribution in [0.5, 0.6) is 5.75 Å². The minimum atomic E-state index is -1.20. The molecule has 2 N–H and O–H groups in total. The van der Waals surface area contributed by atoms with Gasteiger partial charge in [0.1, 0.15) is 23.0 Å². The zero-order chi connectivity index (χ0) is 25.3. The fourth-order valence-electron chi connectivity index (χ4n) is 4.09. The van der Waals surface area contributed by atoms with Gasteiger partial charge in [-0.15, -0.1) is 0 Å². The van der Waals surface area contributed by atoms with Gasteiger partial charge in [-0.3, -0.25) is 14.4 Å². The number of fused-ring (bicyclic) bond motifs is 1. The molecule has 2 atom stereocenters. The second-order valence-corrected chi connectivity index (χ2v) is 8.28. The summed E-state index contributed by atoms with van der Waals surface area (Å²) in [5.41, 5.74) is -2.47. The van der Waals surface area contributed by atoms with Crippen LogP contribution >= 0.6 is 0 Å². The molecule has 1 aromatic heterocycles. The second kappa shape index (κ2) is 9.88. The van der Waals surface area contributed by atoms with Crippen molar-refractivity contribution in [3.63, 3.8) is 0 Å². The van der Waals surface area contributed by atoms with Crippen molar-refractivity contribution in [2.45, 2.75) is 52.4 Å². The Labute approximate surface area is 193 Å². The highest BCUT2D eigenvalue weighted by atomic mass is 19.1. The fourth-order valence-corrected chi connectivity index (χ4v) is 4.09. The van der Waals surface area contributed by atoms with Crippen molar-refractivity contribution in [2.75, 3.05) is 13.2 Å². The molecule has 0 aliphatic carbocycles. The van der Waals surface area contributed by atoms with E-state index in [1.165, 1.54) is 9.47 Å². The van der Waals surface area contributed by atoms with Crippen LogP contribution in [0.25, 0.3) is 0 Å². The van der Waals surface area contributed by atoms with E-state index in [0.29, 0.717) is 18.7 Å². The fraction of sp³-hybridized carbons (Fsp3) is 0.435. The summed E-state index contributed by atoms with van der Waals surface area (Å²) in [7, 11) is 0. The van der Waals surface area contributed by atoms with Crippen LogP contribution in [0.3, 0.4) is 0 Å². The van der Waals surface area contributed by atoms with Gasteiger partial charge in [0.15, 0.2) is 11.4 Å². The number of carbonyl (C=O) groups is 2. The number of ether oxygens (including phenoxy) is 1. The van der Waals surface area contributed by atoms with Crippen LogP contribution in [0.2, 0.25) is 0 Å². The summed E-state index contributed by atoms with van der Waals surface area (Å²) in [4.78, 5) is 40.1. The lowest BCUT2D eigenvalue weighted by molar-refractivity contribution is 0.0123. The first-order chi connectivity index (χ1) is 16.0. The molecule has 184 valence electrons. The number of aromatic hydroxyl groups is 1. The van der Waals surface area contributed by atoms with Crippen molar-refractivity contribution in [3.05, 3.63) is 62.8 Å².